The second-order valence-electron chi connectivity index (χ2n) is 4.64. The van der Waals surface area contributed by atoms with Gasteiger partial charge in [-0.2, -0.15) is 0 Å². The largest absolute Gasteiger partial charge is 0.481 e. The van der Waals surface area contributed by atoms with E-state index >= 15 is 0 Å². The first-order chi connectivity index (χ1) is 9.56. The third-order valence-electron chi connectivity index (χ3n) is 3.10. The molecule has 0 saturated carbocycles. The van der Waals surface area contributed by atoms with Gasteiger partial charge in [0.2, 0.25) is 5.91 Å². The molecular formula is C14H17FN2O3. The standard InChI is InChI=1S/C14H17FN2O3/c1-10(20-12-4-2-11(15)3-5-12)14(19)17-8-6-13(18)16-7-9-17/h2-5,10H,6-9H2,1H3,(H,16,18). The lowest BCUT2D eigenvalue weighted by atomic mass is 10.3. The van der Waals surface area contributed by atoms with E-state index in [0.717, 1.165) is 0 Å². The van der Waals surface area contributed by atoms with E-state index in [4.69, 9.17) is 4.74 Å². The fourth-order valence-electron chi connectivity index (χ4n) is 2.01. The van der Waals surface area contributed by atoms with Crippen LogP contribution in [0.4, 0.5) is 4.39 Å². The van der Waals surface area contributed by atoms with Crippen molar-refractivity contribution in [1.29, 1.82) is 0 Å². The molecule has 5 nitrogen and oxygen atoms in total. The molecule has 0 radical (unpaired) electrons. The van der Waals surface area contributed by atoms with E-state index < -0.39 is 6.10 Å². The molecule has 1 aromatic carbocycles. The molecule has 0 bridgehead atoms. The highest BCUT2D eigenvalue weighted by Gasteiger charge is 2.24. The van der Waals surface area contributed by atoms with Crippen LogP contribution in [0.2, 0.25) is 0 Å². The Morgan fingerprint density at radius 2 is 2.05 bits per heavy atom. The van der Waals surface area contributed by atoms with Crippen molar-refractivity contribution in [2.45, 2.75) is 19.4 Å². The van der Waals surface area contributed by atoms with Gasteiger partial charge < -0.3 is 15.0 Å². The van der Waals surface area contributed by atoms with Crippen LogP contribution in [-0.2, 0) is 9.59 Å². The number of carbonyl (C=O) groups excluding carboxylic acids is 2. The molecule has 108 valence electrons. The zero-order chi connectivity index (χ0) is 14.5. The molecule has 20 heavy (non-hydrogen) atoms. The van der Waals surface area contributed by atoms with Crippen molar-refractivity contribution in [2.24, 2.45) is 0 Å². The highest BCUT2D eigenvalue weighted by atomic mass is 19.1. The van der Waals surface area contributed by atoms with Gasteiger partial charge in [0, 0.05) is 26.1 Å². The minimum atomic E-state index is -0.673. The monoisotopic (exact) mass is 280 g/mol. The Kier molecular flexibility index (Phi) is 4.55. The molecule has 1 saturated heterocycles. The SMILES string of the molecule is CC(Oc1ccc(F)cc1)C(=O)N1CCNC(=O)CC1. The van der Waals surface area contributed by atoms with Crippen LogP contribution in [0.3, 0.4) is 0 Å². The van der Waals surface area contributed by atoms with E-state index in [0.29, 0.717) is 31.8 Å². The first-order valence-corrected chi connectivity index (χ1v) is 6.54. The Hall–Kier alpha value is -2.11. The van der Waals surface area contributed by atoms with E-state index in [9.17, 15) is 14.0 Å². The number of nitrogens with zero attached hydrogens (tertiary/aromatic N) is 1. The van der Waals surface area contributed by atoms with Crippen molar-refractivity contribution in [1.82, 2.24) is 10.2 Å². The van der Waals surface area contributed by atoms with Crippen LogP contribution in [0, 0.1) is 5.82 Å². The van der Waals surface area contributed by atoms with Crippen molar-refractivity contribution >= 4 is 11.8 Å². The van der Waals surface area contributed by atoms with E-state index in [-0.39, 0.29) is 17.6 Å². The summed E-state index contributed by atoms with van der Waals surface area (Å²) in [6, 6.07) is 5.52. The first-order valence-electron chi connectivity index (χ1n) is 6.54. The predicted octanol–water partition coefficient (Wildman–Crippen LogP) is 0.941. The van der Waals surface area contributed by atoms with Gasteiger partial charge in [-0.25, -0.2) is 4.39 Å². The Morgan fingerprint density at radius 3 is 2.75 bits per heavy atom. The van der Waals surface area contributed by atoms with Crippen LogP contribution >= 0.6 is 0 Å². The number of hydrogen-bond acceptors (Lipinski definition) is 3. The average Bonchev–Trinajstić information content (AvgIpc) is 2.65. The highest BCUT2D eigenvalue weighted by molar-refractivity contribution is 5.83. The molecule has 0 aliphatic carbocycles. The van der Waals surface area contributed by atoms with Gasteiger partial charge in [0.15, 0.2) is 6.10 Å². The highest BCUT2D eigenvalue weighted by Crippen LogP contribution is 2.14. The van der Waals surface area contributed by atoms with Crippen LogP contribution in [0.25, 0.3) is 0 Å². The van der Waals surface area contributed by atoms with E-state index in [1.54, 1.807) is 11.8 Å². The Bertz CT molecular complexity index is 490. The molecule has 0 aromatic heterocycles. The zero-order valence-electron chi connectivity index (χ0n) is 11.3. The second-order valence-corrected chi connectivity index (χ2v) is 4.64. The van der Waals surface area contributed by atoms with Gasteiger partial charge >= 0.3 is 0 Å². The number of benzene rings is 1. The summed E-state index contributed by atoms with van der Waals surface area (Å²) in [5.41, 5.74) is 0. The molecule has 0 spiro atoms. The van der Waals surface area contributed by atoms with Crippen LogP contribution in [0.15, 0.2) is 24.3 Å². The van der Waals surface area contributed by atoms with Gasteiger partial charge in [-0.15, -0.1) is 0 Å². The number of amides is 2. The van der Waals surface area contributed by atoms with Crippen LogP contribution in [0.5, 0.6) is 5.75 Å². The lowest BCUT2D eigenvalue weighted by Gasteiger charge is -2.24. The fraction of sp³-hybridized carbons (Fsp3) is 0.429. The summed E-state index contributed by atoms with van der Waals surface area (Å²) in [4.78, 5) is 25.0. The quantitative estimate of drug-likeness (QED) is 0.896. The molecule has 2 rings (SSSR count). The molecule has 1 aliphatic heterocycles. The van der Waals surface area contributed by atoms with Crippen LogP contribution in [0.1, 0.15) is 13.3 Å². The van der Waals surface area contributed by atoms with Crippen LogP contribution in [-0.4, -0.2) is 42.5 Å². The number of rotatable bonds is 3. The maximum absolute atomic E-state index is 12.8. The smallest absolute Gasteiger partial charge is 0.263 e. The molecule has 1 fully saturated rings. The third-order valence-corrected chi connectivity index (χ3v) is 3.10. The number of hydrogen-bond donors (Lipinski definition) is 1. The summed E-state index contributed by atoms with van der Waals surface area (Å²) in [6.45, 7) is 2.96. The lowest BCUT2D eigenvalue weighted by molar-refractivity contribution is -0.137. The van der Waals surface area contributed by atoms with Gasteiger partial charge in [0.1, 0.15) is 11.6 Å². The Balaban J connectivity index is 1.94. The van der Waals surface area contributed by atoms with Gasteiger partial charge in [0.25, 0.3) is 5.91 Å². The zero-order valence-corrected chi connectivity index (χ0v) is 11.3. The van der Waals surface area contributed by atoms with Crippen LogP contribution < -0.4 is 10.1 Å². The van der Waals surface area contributed by atoms with Crippen molar-refractivity contribution in [3.8, 4) is 5.75 Å². The predicted molar refractivity (Wildman–Crippen MR) is 70.7 cm³/mol. The summed E-state index contributed by atoms with van der Waals surface area (Å²) in [6.07, 6.45) is -0.372. The second kappa shape index (κ2) is 6.36. The van der Waals surface area contributed by atoms with Gasteiger partial charge in [-0.3, -0.25) is 9.59 Å². The molecule has 6 heteroatoms. The summed E-state index contributed by atoms with van der Waals surface area (Å²) >= 11 is 0. The number of halogens is 1. The molecule has 1 aromatic rings. The number of ether oxygens (including phenoxy) is 1. The summed E-state index contributed by atoms with van der Waals surface area (Å²) in [5, 5.41) is 2.71. The summed E-state index contributed by atoms with van der Waals surface area (Å²) < 4.78 is 18.3. The first kappa shape index (κ1) is 14.3. The Labute approximate surface area is 116 Å². The molecule has 1 unspecified atom stereocenters. The normalized spacial score (nSPS) is 17.1. The van der Waals surface area contributed by atoms with E-state index in [2.05, 4.69) is 5.32 Å². The molecule has 1 aliphatic rings. The molecular weight excluding hydrogens is 263 g/mol. The maximum atomic E-state index is 12.8. The minimum Gasteiger partial charge on any atom is -0.481 e. The van der Waals surface area contributed by atoms with Crippen molar-refractivity contribution in [3.05, 3.63) is 30.1 Å². The summed E-state index contributed by atoms with van der Waals surface area (Å²) in [5.74, 6) is -0.136. The lowest BCUT2D eigenvalue weighted by Crippen LogP contribution is -2.42. The van der Waals surface area contributed by atoms with Crippen molar-refractivity contribution < 1.29 is 18.7 Å². The van der Waals surface area contributed by atoms with Crippen molar-refractivity contribution in [3.63, 3.8) is 0 Å². The summed E-state index contributed by atoms with van der Waals surface area (Å²) in [7, 11) is 0. The molecule has 1 atom stereocenters. The number of nitrogens with one attached hydrogen (secondary N) is 1. The topological polar surface area (TPSA) is 58.6 Å². The minimum absolute atomic E-state index is 0.0487. The molecule has 1 heterocycles. The molecule has 1 N–H and O–H groups in total. The van der Waals surface area contributed by atoms with Gasteiger partial charge in [-0.1, -0.05) is 0 Å². The fourth-order valence-corrected chi connectivity index (χ4v) is 2.01. The van der Waals surface area contributed by atoms with Gasteiger partial charge in [0.05, 0.1) is 0 Å². The maximum Gasteiger partial charge on any atom is 0.263 e. The van der Waals surface area contributed by atoms with Crippen molar-refractivity contribution in [2.75, 3.05) is 19.6 Å². The molecule has 2 amide bonds. The number of carbonyl (C=O) groups is 2. The van der Waals surface area contributed by atoms with E-state index in [1.807, 2.05) is 0 Å². The Morgan fingerprint density at radius 1 is 1.35 bits per heavy atom. The third kappa shape index (κ3) is 3.69. The van der Waals surface area contributed by atoms with Gasteiger partial charge in [-0.05, 0) is 31.2 Å². The average molecular weight is 280 g/mol. The van der Waals surface area contributed by atoms with E-state index in [1.165, 1.54) is 24.3 Å².